The number of morpholine rings is 1. The monoisotopic (exact) mass is 565 g/mol. The summed E-state index contributed by atoms with van der Waals surface area (Å²) in [5.74, 6) is 0.543. The number of benzene rings is 1. The third-order valence-electron chi connectivity index (χ3n) is 6.85. The van der Waals surface area contributed by atoms with Gasteiger partial charge in [0.2, 0.25) is 17.4 Å². The molecule has 0 spiro atoms. The SMILES string of the molecule is C=C1CN(C(=O)Cn2ccn3c(=O)c(OCCCC)c(-c4ncc(C(C)c5ccc(F)cc5)s4)nc23)C[C@H](C)O1. The van der Waals surface area contributed by atoms with Gasteiger partial charge in [-0.25, -0.2) is 18.8 Å². The number of imidazole rings is 1. The summed E-state index contributed by atoms with van der Waals surface area (Å²) in [5.41, 5.74) is 0.926. The lowest BCUT2D eigenvalue weighted by Crippen LogP contribution is -2.44. The highest BCUT2D eigenvalue weighted by Gasteiger charge is 2.26. The first-order chi connectivity index (χ1) is 19.2. The normalized spacial score (nSPS) is 16.2. The van der Waals surface area contributed by atoms with Crippen molar-refractivity contribution >= 4 is 23.0 Å². The number of rotatable bonds is 9. The molecule has 3 aromatic heterocycles. The number of thiazole rings is 1. The first-order valence-corrected chi connectivity index (χ1v) is 14.1. The predicted octanol–water partition coefficient (Wildman–Crippen LogP) is 4.85. The zero-order chi connectivity index (χ0) is 28.4. The highest BCUT2D eigenvalue weighted by Crippen LogP contribution is 2.35. The van der Waals surface area contributed by atoms with E-state index in [2.05, 4.69) is 11.6 Å². The van der Waals surface area contributed by atoms with Gasteiger partial charge in [-0.15, -0.1) is 11.3 Å². The molecule has 4 heterocycles. The first kappa shape index (κ1) is 27.6. The van der Waals surface area contributed by atoms with Crippen molar-refractivity contribution in [1.82, 2.24) is 23.8 Å². The summed E-state index contributed by atoms with van der Waals surface area (Å²) in [4.78, 5) is 38.8. The van der Waals surface area contributed by atoms with Gasteiger partial charge in [0.1, 0.15) is 29.2 Å². The molecule has 1 aromatic carbocycles. The van der Waals surface area contributed by atoms with Gasteiger partial charge in [-0.2, -0.15) is 0 Å². The van der Waals surface area contributed by atoms with Crippen LogP contribution in [0.4, 0.5) is 4.39 Å². The van der Waals surface area contributed by atoms with Gasteiger partial charge in [-0.3, -0.25) is 9.59 Å². The van der Waals surface area contributed by atoms with Crippen LogP contribution in [-0.4, -0.2) is 55.5 Å². The second kappa shape index (κ2) is 11.6. The topological polar surface area (TPSA) is 91.0 Å². The van der Waals surface area contributed by atoms with E-state index < -0.39 is 0 Å². The van der Waals surface area contributed by atoms with Crippen molar-refractivity contribution in [3.63, 3.8) is 0 Å². The van der Waals surface area contributed by atoms with E-state index in [1.165, 1.54) is 27.9 Å². The highest BCUT2D eigenvalue weighted by atomic mass is 32.1. The summed E-state index contributed by atoms with van der Waals surface area (Å²) in [5, 5.41) is 0.535. The molecule has 1 amide bonds. The van der Waals surface area contributed by atoms with Gasteiger partial charge in [-0.1, -0.05) is 39.0 Å². The number of unbranched alkanes of at least 4 members (excludes halogenated alkanes) is 1. The number of halogens is 1. The van der Waals surface area contributed by atoms with Crippen LogP contribution < -0.4 is 10.3 Å². The molecule has 1 saturated heterocycles. The average Bonchev–Trinajstić information content (AvgIpc) is 3.57. The third-order valence-corrected chi connectivity index (χ3v) is 8.03. The minimum atomic E-state index is -0.362. The van der Waals surface area contributed by atoms with Crippen LogP contribution in [0.25, 0.3) is 16.5 Å². The maximum Gasteiger partial charge on any atom is 0.302 e. The smallest absolute Gasteiger partial charge is 0.302 e. The number of ether oxygens (including phenoxy) is 2. The fraction of sp³-hybridized carbons (Fsp3) is 0.379. The molecule has 4 aromatic rings. The summed E-state index contributed by atoms with van der Waals surface area (Å²) in [6, 6.07) is 6.38. The quantitative estimate of drug-likeness (QED) is 0.270. The summed E-state index contributed by atoms with van der Waals surface area (Å²) in [6.07, 6.45) is 6.57. The number of nitrogens with zero attached hydrogens (tertiary/aromatic N) is 5. The second-order valence-electron chi connectivity index (χ2n) is 9.98. The van der Waals surface area contributed by atoms with Crippen molar-refractivity contribution in [3.05, 3.63) is 81.8 Å². The lowest BCUT2D eigenvalue weighted by molar-refractivity contribution is -0.135. The predicted molar refractivity (Wildman–Crippen MR) is 151 cm³/mol. The molecule has 0 N–H and O–H groups in total. The molecule has 1 aliphatic heterocycles. The zero-order valence-corrected chi connectivity index (χ0v) is 23.6. The van der Waals surface area contributed by atoms with Gasteiger partial charge >= 0.3 is 5.56 Å². The molecule has 210 valence electrons. The molecular formula is C29H32FN5O4S. The van der Waals surface area contributed by atoms with E-state index in [0.717, 1.165) is 23.3 Å². The van der Waals surface area contributed by atoms with Crippen LogP contribution in [0.2, 0.25) is 0 Å². The van der Waals surface area contributed by atoms with Gasteiger partial charge in [0.15, 0.2) is 5.69 Å². The number of aromatic nitrogens is 4. The summed E-state index contributed by atoms with van der Waals surface area (Å²) >= 11 is 1.41. The Labute approximate surface area is 235 Å². The van der Waals surface area contributed by atoms with Crippen molar-refractivity contribution in [2.24, 2.45) is 0 Å². The Morgan fingerprint density at radius 2 is 2.08 bits per heavy atom. The van der Waals surface area contributed by atoms with Gasteiger partial charge < -0.3 is 18.9 Å². The van der Waals surface area contributed by atoms with Crippen LogP contribution in [0.1, 0.15) is 50.0 Å². The molecular weight excluding hydrogens is 533 g/mol. The Morgan fingerprint density at radius 1 is 1.30 bits per heavy atom. The molecule has 0 bridgehead atoms. The van der Waals surface area contributed by atoms with E-state index in [1.807, 2.05) is 20.8 Å². The molecule has 1 unspecified atom stereocenters. The number of hydrogen-bond acceptors (Lipinski definition) is 7. The Morgan fingerprint density at radius 3 is 2.80 bits per heavy atom. The summed E-state index contributed by atoms with van der Waals surface area (Å²) in [6.45, 7) is 11.0. The van der Waals surface area contributed by atoms with Crippen LogP contribution in [0.3, 0.4) is 0 Å². The maximum absolute atomic E-state index is 13.6. The largest absolute Gasteiger partial charge is 0.492 e. The van der Waals surface area contributed by atoms with Gasteiger partial charge in [0.05, 0.1) is 19.7 Å². The molecule has 1 aliphatic rings. The van der Waals surface area contributed by atoms with Crippen LogP contribution in [-0.2, 0) is 16.1 Å². The maximum atomic E-state index is 13.6. The minimum Gasteiger partial charge on any atom is -0.492 e. The van der Waals surface area contributed by atoms with E-state index in [9.17, 15) is 14.0 Å². The van der Waals surface area contributed by atoms with Gasteiger partial charge in [-0.05, 0) is 31.0 Å². The molecule has 40 heavy (non-hydrogen) atoms. The second-order valence-corrected chi connectivity index (χ2v) is 11.0. The number of carbonyl (C=O) groups excluding carboxylic acids is 1. The van der Waals surface area contributed by atoms with Crippen molar-refractivity contribution in [2.75, 3.05) is 19.7 Å². The van der Waals surface area contributed by atoms with Crippen molar-refractivity contribution in [2.45, 2.75) is 52.2 Å². The number of fused-ring (bicyclic) bond motifs is 1. The molecule has 0 radical (unpaired) electrons. The molecule has 5 rings (SSSR count). The Hall–Kier alpha value is -3.99. The molecule has 1 fully saturated rings. The first-order valence-electron chi connectivity index (χ1n) is 13.3. The van der Waals surface area contributed by atoms with Gasteiger partial charge in [0.25, 0.3) is 0 Å². The van der Waals surface area contributed by atoms with Gasteiger partial charge in [0, 0.05) is 29.4 Å². The van der Waals surface area contributed by atoms with Crippen LogP contribution in [0, 0.1) is 5.82 Å². The lowest BCUT2D eigenvalue weighted by Gasteiger charge is -2.33. The Balaban J connectivity index is 1.51. The summed E-state index contributed by atoms with van der Waals surface area (Å²) < 4.78 is 28.0. The van der Waals surface area contributed by atoms with Crippen molar-refractivity contribution in [1.29, 1.82) is 0 Å². The van der Waals surface area contributed by atoms with E-state index >= 15 is 0 Å². The van der Waals surface area contributed by atoms with E-state index in [0.29, 0.717) is 41.9 Å². The molecule has 0 saturated carbocycles. The van der Waals surface area contributed by atoms with Crippen molar-refractivity contribution < 1.29 is 18.7 Å². The Kier molecular flexibility index (Phi) is 8.02. The van der Waals surface area contributed by atoms with E-state index in [4.69, 9.17) is 14.5 Å². The van der Waals surface area contributed by atoms with E-state index in [-0.39, 0.29) is 41.6 Å². The average molecular weight is 566 g/mol. The van der Waals surface area contributed by atoms with Crippen LogP contribution in [0.15, 0.2) is 60.0 Å². The molecule has 0 aliphatic carbocycles. The molecule has 9 nitrogen and oxygen atoms in total. The summed E-state index contributed by atoms with van der Waals surface area (Å²) in [7, 11) is 0. The van der Waals surface area contributed by atoms with Crippen LogP contribution in [0.5, 0.6) is 5.75 Å². The van der Waals surface area contributed by atoms with Crippen LogP contribution >= 0.6 is 11.3 Å². The molecule has 2 atom stereocenters. The standard InChI is InChI=1S/C29H32FN5O4S/c1-5-6-13-38-26-25(27-31-14-23(40-27)20(4)21-7-9-22(30)10-8-21)32-29-33(11-12-35(29)28(26)37)17-24(36)34-15-18(2)39-19(3)16-34/h7-12,14,19-20H,2,5-6,13,15-17H2,1,3-4H3/t19-,20?/m0/s1. The molecule has 11 heteroatoms. The third kappa shape index (κ3) is 5.65. The lowest BCUT2D eigenvalue weighted by atomic mass is 10.0. The highest BCUT2D eigenvalue weighted by molar-refractivity contribution is 7.15. The number of hydrogen-bond donors (Lipinski definition) is 0. The minimum absolute atomic E-state index is 0.00311. The zero-order valence-electron chi connectivity index (χ0n) is 22.8. The van der Waals surface area contributed by atoms with Crippen molar-refractivity contribution in [3.8, 4) is 16.5 Å². The number of carbonyl (C=O) groups is 1. The fourth-order valence-electron chi connectivity index (χ4n) is 4.67. The fourth-order valence-corrected chi connectivity index (χ4v) is 5.65. The van der Waals surface area contributed by atoms with E-state index in [1.54, 1.807) is 40.2 Å². The number of amides is 1. The Bertz CT molecular complexity index is 1590.